The van der Waals surface area contributed by atoms with Gasteiger partial charge in [0, 0.05) is 22.1 Å². The summed E-state index contributed by atoms with van der Waals surface area (Å²) in [6, 6.07) is 10.5. The fraction of sp³-hybridized carbons (Fsp3) is 0.438. The molecule has 0 aliphatic heterocycles. The van der Waals surface area contributed by atoms with Crippen molar-refractivity contribution in [2.24, 2.45) is 5.41 Å². The standard InChI is InChI=1S/C16H19Cl2NS/c1-13-15(20-12-19-13)7-8-16(10-17,11-18)9-14-5-3-2-4-6-14/h2-6,12H,7-11H2,1H3. The summed E-state index contributed by atoms with van der Waals surface area (Å²) >= 11 is 14.2. The van der Waals surface area contributed by atoms with Crippen LogP contribution in [0.2, 0.25) is 0 Å². The van der Waals surface area contributed by atoms with Crippen LogP contribution in [0.5, 0.6) is 0 Å². The Morgan fingerprint density at radius 2 is 1.85 bits per heavy atom. The van der Waals surface area contributed by atoms with Crippen LogP contribution in [0.25, 0.3) is 0 Å². The molecule has 2 rings (SSSR count). The predicted octanol–water partition coefficient (Wildman–Crippen LogP) is 5.09. The molecule has 1 nitrogen and oxygen atoms in total. The van der Waals surface area contributed by atoms with Gasteiger partial charge in [-0.25, -0.2) is 4.98 Å². The molecule has 108 valence electrons. The first kappa shape index (κ1) is 15.8. The van der Waals surface area contributed by atoms with E-state index in [4.69, 9.17) is 23.2 Å². The van der Waals surface area contributed by atoms with Gasteiger partial charge < -0.3 is 0 Å². The SMILES string of the molecule is Cc1ncsc1CCC(CCl)(CCl)Cc1ccccc1. The third-order valence-electron chi connectivity index (χ3n) is 3.72. The van der Waals surface area contributed by atoms with Crippen molar-refractivity contribution >= 4 is 34.5 Å². The van der Waals surface area contributed by atoms with Gasteiger partial charge in [-0.1, -0.05) is 30.3 Å². The molecule has 0 amide bonds. The number of thiazole rings is 1. The lowest BCUT2D eigenvalue weighted by Gasteiger charge is -2.29. The van der Waals surface area contributed by atoms with Crippen molar-refractivity contribution in [1.29, 1.82) is 0 Å². The van der Waals surface area contributed by atoms with Gasteiger partial charge in [-0.15, -0.1) is 34.5 Å². The van der Waals surface area contributed by atoms with Gasteiger partial charge in [0.25, 0.3) is 0 Å². The van der Waals surface area contributed by atoms with Gasteiger partial charge in [0.1, 0.15) is 0 Å². The zero-order valence-electron chi connectivity index (χ0n) is 11.6. The van der Waals surface area contributed by atoms with Gasteiger partial charge in [0.15, 0.2) is 0 Å². The Labute approximate surface area is 135 Å². The van der Waals surface area contributed by atoms with Gasteiger partial charge >= 0.3 is 0 Å². The van der Waals surface area contributed by atoms with Crippen LogP contribution >= 0.6 is 34.5 Å². The Kier molecular flexibility index (Phi) is 5.88. The summed E-state index contributed by atoms with van der Waals surface area (Å²) in [5.74, 6) is 1.17. The third-order valence-corrected chi connectivity index (χ3v) is 5.84. The molecule has 0 aliphatic rings. The van der Waals surface area contributed by atoms with Crippen molar-refractivity contribution in [3.05, 3.63) is 52.0 Å². The maximum atomic E-state index is 6.26. The van der Waals surface area contributed by atoms with Crippen molar-refractivity contribution in [2.45, 2.75) is 26.2 Å². The molecule has 0 saturated carbocycles. The largest absolute Gasteiger partial charge is 0.250 e. The minimum atomic E-state index is -0.0408. The van der Waals surface area contributed by atoms with Crippen molar-refractivity contribution < 1.29 is 0 Å². The van der Waals surface area contributed by atoms with E-state index in [1.807, 2.05) is 11.6 Å². The van der Waals surface area contributed by atoms with E-state index in [0.29, 0.717) is 11.8 Å². The third kappa shape index (κ3) is 3.97. The molecular formula is C16H19Cl2NS. The molecule has 1 aromatic heterocycles. The molecule has 4 heteroatoms. The van der Waals surface area contributed by atoms with Gasteiger partial charge in [0.2, 0.25) is 0 Å². The summed E-state index contributed by atoms with van der Waals surface area (Å²) in [6.45, 7) is 2.06. The molecular weight excluding hydrogens is 309 g/mol. The molecule has 0 atom stereocenters. The van der Waals surface area contributed by atoms with E-state index >= 15 is 0 Å². The first-order valence-corrected chi connectivity index (χ1v) is 8.69. The number of hydrogen-bond acceptors (Lipinski definition) is 2. The van der Waals surface area contributed by atoms with E-state index in [1.54, 1.807) is 11.3 Å². The zero-order chi connectivity index (χ0) is 14.4. The Hall–Kier alpha value is -0.570. The monoisotopic (exact) mass is 327 g/mol. The highest BCUT2D eigenvalue weighted by molar-refractivity contribution is 7.09. The predicted molar refractivity (Wildman–Crippen MR) is 89.2 cm³/mol. The molecule has 1 heterocycles. The summed E-state index contributed by atoms with van der Waals surface area (Å²) in [5.41, 5.74) is 4.30. The number of benzene rings is 1. The molecule has 0 bridgehead atoms. The number of halogens is 2. The summed E-state index contributed by atoms with van der Waals surface area (Å²) in [7, 11) is 0. The van der Waals surface area contributed by atoms with E-state index in [1.165, 1.54) is 10.4 Å². The molecule has 1 aromatic carbocycles. The number of nitrogens with zero attached hydrogens (tertiary/aromatic N) is 1. The maximum absolute atomic E-state index is 6.26. The van der Waals surface area contributed by atoms with E-state index in [9.17, 15) is 0 Å². The topological polar surface area (TPSA) is 12.9 Å². The van der Waals surface area contributed by atoms with Crippen LogP contribution in [0.3, 0.4) is 0 Å². The van der Waals surface area contributed by atoms with Crippen LogP contribution in [0.4, 0.5) is 0 Å². The number of aryl methyl sites for hydroxylation is 2. The highest BCUT2D eigenvalue weighted by Gasteiger charge is 2.29. The minimum absolute atomic E-state index is 0.0408. The average Bonchev–Trinajstić information content (AvgIpc) is 2.90. The lowest BCUT2D eigenvalue weighted by atomic mass is 9.81. The first-order valence-electron chi connectivity index (χ1n) is 6.74. The van der Waals surface area contributed by atoms with E-state index in [0.717, 1.165) is 25.0 Å². The van der Waals surface area contributed by atoms with E-state index in [-0.39, 0.29) is 5.41 Å². The number of hydrogen-bond donors (Lipinski definition) is 0. The second kappa shape index (κ2) is 7.44. The quantitative estimate of drug-likeness (QED) is 0.645. The Bertz CT molecular complexity index is 520. The van der Waals surface area contributed by atoms with Crippen LogP contribution in [-0.4, -0.2) is 16.7 Å². The second-order valence-corrected chi connectivity index (χ2v) is 6.76. The molecule has 0 spiro atoms. The fourth-order valence-electron chi connectivity index (χ4n) is 2.33. The molecule has 0 fully saturated rings. The van der Waals surface area contributed by atoms with Crippen LogP contribution in [-0.2, 0) is 12.8 Å². The molecule has 0 unspecified atom stereocenters. The summed E-state index contributed by atoms with van der Waals surface area (Å²) in [6.07, 6.45) is 2.93. The normalized spacial score (nSPS) is 11.8. The van der Waals surface area contributed by atoms with Crippen LogP contribution < -0.4 is 0 Å². The van der Waals surface area contributed by atoms with E-state index < -0.39 is 0 Å². The maximum Gasteiger partial charge on any atom is 0.0797 e. The molecule has 0 radical (unpaired) electrons. The van der Waals surface area contributed by atoms with Gasteiger partial charge in [-0.3, -0.25) is 0 Å². The van der Waals surface area contributed by atoms with Crippen LogP contribution in [0.1, 0.15) is 22.6 Å². The van der Waals surface area contributed by atoms with Crippen molar-refractivity contribution in [1.82, 2.24) is 4.98 Å². The Morgan fingerprint density at radius 1 is 1.15 bits per heavy atom. The minimum Gasteiger partial charge on any atom is -0.250 e. The first-order chi connectivity index (χ1) is 9.69. The lowest BCUT2D eigenvalue weighted by Crippen LogP contribution is -2.29. The second-order valence-electron chi connectivity index (χ2n) is 5.29. The van der Waals surface area contributed by atoms with Gasteiger partial charge in [0.05, 0.1) is 11.2 Å². The van der Waals surface area contributed by atoms with Crippen LogP contribution in [0.15, 0.2) is 35.8 Å². The highest BCUT2D eigenvalue weighted by atomic mass is 35.5. The number of aromatic nitrogens is 1. The Balaban J connectivity index is 2.07. The molecule has 0 N–H and O–H groups in total. The van der Waals surface area contributed by atoms with Gasteiger partial charge in [-0.2, -0.15) is 0 Å². The van der Waals surface area contributed by atoms with Crippen molar-refractivity contribution in [2.75, 3.05) is 11.8 Å². The zero-order valence-corrected chi connectivity index (χ0v) is 13.9. The molecule has 0 saturated heterocycles. The van der Waals surface area contributed by atoms with Crippen molar-refractivity contribution in [3.8, 4) is 0 Å². The highest BCUT2D eigenvalue weighted by Crippen LogP contribution is 2.33. The smallest absolute Gasteiger partial charge is 0.0797 e. The summed E-state index contributed by atoms with van der Waals surface area (Å²) in [5, 5.41) is 0. The molecule has 2 aromatic rings. The molecule has 0 aliphatic carbocycles. The fourth-order valence-corrected chi connectivity index (χ4v) is 3.85. The van der Waals surface area contributed by atoms with E-state index in [2.05, 4.69) is 36.2 Å². The summed E-state index contributed by atoms with van der Waals surface area (Å²) in [4.78, 5) is 5.65. The Morgan fingerprint density at radius 3 is 2.40 bits per heavy atom. The summed E-state index contributed by atoms with van der Waals surface area (Å²) < 4.78 is 0. The average molecular weight is 328 g/mol. The van der Waals surface area contributed by atoms with Crippen molar-refractivity contribution in [3.63, 3.8) is 0 Å². The molecule has 20 heavy (non-hydrogen) atoms. The lowest BCUT2D eigenvalue weighted by molar-refractivity contribution is 0.346. The number of alkyl halides is 2. The van der Waals surface area contributed by atoms with Crippen LogP contribution in [0, 0.1) is 12.3 Å². The number of rotatable bonds is 7. The van der Waals surface area contributed by atoms with Gasteiger partial charge in [-0.05, 0) is 31.7 Å².